The predicted octanol–water partition coefficient (Wildman–Crippen LogP) is 9.87. The third-order valence-corrected chi connectivity index (χ3v) is 8.48. The molecule has 0 amide bonds. The average Bonchev–Trinajstić information content (AvgIpc) is 2.88. The molecule has 0 aliphatic heterocycles. The van der Waals surface area contributed by atoms with Crippen molar-refractivity contribution in [1.82, 2.24) is 0 Å². The molecular weight excluding hydrogens is 448 g/mol. The van der Waals surface area contributed by atoms with Crippen LogP contribution in [0, 0.1) is 35.1 Å². The first-order valence-corrected chi connectivity index (χ1v) is 13.6. The minimum absolute atomic E-state index is 0.00142. The Morgan fingerprint density at radius 2 is 1.26 bits per heavy atom. The molecule has 0 bridgehead atoms. The van der Waals surface area contributed by atoms with Crippen LogP contribution in [-0.4, -0.2) is 0 Å². The summed E-state index contributed by atoms with van der Waals surface area (Å²) in [5, 5.41) is 0. The van der Waals surface area contributed by atoms with Gasteiger partial charge in [0.05, 0.1) is 0 Å². The van der Waals surface area contributed by atoms with Gasteiger partial charge < -0.3 is 0 Å². The number of rotatable bonds is 7. The van der Waals surface area contributed by atoms with Gasteiger partial charge >= 0.3 is 0 Å². The summed E-state index contributed by atoms with van der Waals surface area (Å²) >= 11 is 0. The van der Waals surface area contributed by atoms with Crippen LogP contribution in [0.15, 0.2) is 30.3 Å². The molecular formula is C31H38F4. The molecule has 4 heteroatoms. The SMILES string of the molecule is CCCc1ccc(C=CC2CCC(c3ccc(C4CCC(CC)CC4)c(F)c3F)CC2)c(F)c1F. The lowest BCUT2D eigenvalue weighted by atomic mass is 9.75. The highest BCUT2D eigenvalue weighted by molar-refractivity contribution is 5.51. The maximum Gasteiger partial charge on any atom is 0.166 e. The lowest BCUT2D eigenvalue weighted by Gasteiger charge is -2.30. The van der Waals surface area contributed by atoms with E-state index in [0.717, 1.165) is 70.1 Å². The van der Waals surface area contributed by atoms with Gasteiger partial charge in [0, 0.05) is 5.56 Å². The molecule has 2 fully saturated rings. The second-order valence-electron chi connectivity index (χ2n) is 10.7. The van der Waals surface area contributed by atoms with Crippen molar-refractivity contribution >= 4 is 6.08 Å². The minimum atomic E-state index is -0.790. The molecule has 0 unspecified atom stereocenters. The molecule has 0 N–H and O–H groups in total. The summed E-state index contributed by atoms with van der Waals surface area (Å²) in [6.07, 6.45) is 13.3. The van der Waals surface area contributed by atoms with Crippen LogP contribution >= 0.6 is 0 Å². The molecule has 0 spiro atoms. The second-order valence-corrected chi connectivity index (χ2v) is 10.7. The van der Waals surface area contributed by atoms with Crippen LogP contribution in [0.5, 0.6) is 0 Å². The van der Waals surface area contributed by atoms with Gasteiger partial charge in [0.25, 0.3) is 0 Å². The van der Waals surface area contributed by atoms with Crippen molar-refractivity contribution in [1.29, 1.82) is 0 Å². The first-order chi connectivity index (χ1) is 16.9. The standard InChI is InChI=1S/C31H38F4/c1-3-5-24-16-17-25(29(33)28(24)32)15-10-21-8-13-23(14-9-21)27-19-18-26(30(34)31(27)35)22-11-6-20(4-2)7-12-22/h10,15-23H,3-9,11-14H2,1-2H3. The highest BCUT2D eigenvalue weighted by atomic mass is 19.2. The number of benzene rings is 2. The second kappa shape index (κ2) is 11.8. The summed E-state index contributed by atoms with van der Waals surface area (Å²) in [4.78, 5) is 0. The van der Waals surface area contributed by atoms with Crippen molar-refractivity contribution in [3.05, 3.63) is 75.9 Å². The van der Waals surface area contributed by atoms with Crippen LogP contribution in [-0.2, 0) is 6.42 Å². The van der Waals surface area contributed by atoms with Gasteiger partial charge in [-0.3, -0.25) is 0 Å². The zero-order valence-corrected chi connectivity index (χ0v) is 21.1. The Balaban J connectivity index is 1.37. The fourth-order valence-corrected chi connectivity index (χ4v) is 6.15. The first kappa shape index (κ1) is 26.0. The van der Waals surface area contributed by atoms with Crippen LogP contribution < -0.4 is 0 Å². The zero-order chi connectivity index (χ0) is 24.9. The van der Waals surface area contributed by atoms with E-state index >= 15 is 8.78 Å². The normalized spacial score (nSPS) is 25.3. The number of hydrogen-bond acceptors (Lipinski definition) is 0. The first-order valence-electron chi connectivity index (χ1n) is 13.6. The van der Waals surface area contributed by atoms with Crippen molar-refractivity contribution in [3.8, 4) is 0 Å². The number of hydrogen-bond donors (Lipinski definition) is 0. The van der Waals surface area contributed by atoms with Gasteiger partial charge in [-0.2, -0.15) is 0 Å². The molecule has 190 valence electrons. The summed E-state index contributed by atoms with van der Waals surface area (Å²) in [6.45, 7) is 4.14. The van der Waals surface area contributed by atoms with Crippen molar-refractivity contribution in [2.75, 3.05) is 0 Å². The smallest absolute Gasteiger partial charge is 0.166 e. The minimum Gasteiger partial charge on any atom is -0.203 e. The molecule has 0 saturated heterocycles. The number of allylic oxidation sites excluding steroid dienone is 1. The Labute approximate surface area is 207 Å². The van der Waals surface area contributed by atoms with E-state index in [-0.39, 0.29) is 23.3 Å². The van der Waals surface area contributed by atoms with Gasteiger partial charge in [0.2, 0.25) is 0 Å². The Hall–Kier alpha value is -2.10. The molecule has 4 rings (SSSR count). The fraction of sp³-hybridized carbons (Fsp3) is 0.548. The van der Waals surface area contributed by atoms with Crippen LogP contribution in [0.25, 0.3) is 6.08 Å². The lowest BCUT2D eigenvalue weighted by molar-refractivity contribution is 0.311. The Kier molecular flexibility index (Phi) is 8.73. The van der Waals surface area contributed by atoms with E-state index in [2.05, 4.69) is 6.92 Å². The fourth-order valence-electron chi connectivity index (χ4n) is 6.15. The molecule has 2 aliphatic rings. The Morgan fingerprint density at radius 3 is 1.80 bits per heavy atom. The molecule has 0 radical (unpaired) electrons. The van der Waals surface area contributed by atoms with E-state index in [1.54, 1.807) is 18.2 Å². The Bertz CT molecular complexity index is 1020. The molecule has 2 aliphatic carbocycles. The van der Waals surface area contributed by atoms with Crippen molar-refractivity contribution in [3.63, 3.8) is 0 Å². The average molecular weight is 487 g/mol. The van der Waals surface area contributed by atoms with Gasteiger partial charge in [-0.05, 0) is 98.1 Å². The topological polar surface area (TPSA) is 0 Å². The van der Waals surface area contributed by atoms with Crippen LogP contribution in [0.1, 0.15) is 112 Å². The molecule has 2 aromatic rings. The highest BCUT2D eigenvalue weighted by Gasteiger charge is 2.29. The van der Waals surface area contributed by atoms with Gasteiger partial charge in [0.15, 0.2) is 23.3 Å². The summed E-state index contributed by atoms with van der Waals surface area (Å²) in [5.41, 5.74) is 1.73. The maximum absolute atomic E-state index is 15.1. The quantitative estimate of drug-likeness (QED) is 0.342. The van der Waals surface area contributed by atoms with E-state index in [1.807, 2.05) is 25.1 Å². The third kappa shape index (κ3) is 5.84. The van der Waals surface area contributed by atoms with Gasteiger partial charge in [-0.25, -0.2) is 17.6 Å². The zero-order valence-electron chi connectivity index (χ0n) is 21.1. The number of aryl methyl sites for hydroxylation is 1. The maximum atomic E-state index is 15.1. The summed E-state index contributed by atoms with van der Waals surface area (Å²) in [5.74, 6) is -1.77. The van der Waals surface area contributed by atoms with Gasteiger partial charge in [-0.1, -0.05) is 63.1 Å². The molecule has 0 atom stereocenters. The van der Waals surface area contributed by atoms with E-state index < -0.39 is 23.3 Å². The predicted molar refractivity (Wildman–Crippen MR) is 135 cm³/mol. The van der Waals surface area contributed by atoms with Crippen molar-refractivity contribution < 1.29 is 17.6 Å². The largest absolute Gasteiger partial charge is 0.203 e. The van der Waals surface area contributed by atoms with E-state index in [0.29, 0.717) is 23.1 Å². The van der Waals surface area contributed by atoms with Crippen LogP contribution in [0.2, 0.25) is 0 Å². The van der Waals surface area contributed by atoms with Crippen LogP contribution in [0.4, 0.5) is 17.6 Å². The molecule has 0 nitrogen and oxygen atoms in total. The molecule has 35 heavy (non-hydrogen) atoms. The van der Waals surface area contributed by atoms with Gasteiger partial charge in [0.1, 0.15) is 0 Å². The van der Waals surface area contributed by atoms with E-state index in [1.165, 1.54) is 0 Å². The van der Waals surface area contributed by atoms with Crippen LogP contribution in [0.3, 0.4) is 0 Å². The van der Waals surface area contributed by atoms with Gasteiger partial charge in [-0.15, -0.1) is 0 Å². The summed E-state index contributed by atoms with van der Waals surface area (Å²) in [7, 11) is 0. The van der Waals surface area contributed by atoms with E-state index in [4.69, 9.17) is 0 Å². The number of halogens is 4. The summed E-state index contributed by atoms with van der Waals surface area (Å²) in [6, 6.07) is 6.95. The molecule has 0 heterocycles. The lowest BCUT2D eigenvalue weighted by Crippen LogP contribution is -2.16. The molecule has 2 saturated carbocycles. The highest BCUT2D eigenvalue weighted by Crippen LogP contribution is 2.42. The van der Waals surface area contributed by atoms with E-state index in [9.17, 15) is 8.78 Å². The van der Waals surface area contributed by atoms with Crippen molar-refractivity contribution in [2.45, 2.75) is 96.3 Å². The monoisotopic (exact) mass is 486 g/mol. The molecule has 0 aromatic heterocycles. The molecule has 2 aromatic carbocycles. The summed E-state index contributed by atoms with van der Waals surface area (Å²) < 4.78 is 58.8. The Morgan fingerprint density at radius 1 is 0.686 bits per heavy atom. The van der Waals surface area contributed by atoms with Crippen molar-refractivity contribution in [2.24, 2.45) is 11.8 Å². The third-order valence-electron chi connectivity index (χ3n) is 8.48.